The minimum Gasteiger partial charge on any atom is -0.351 e. The molecule has 164 valence electrons. The summed E-state index contributed by atoms with van der Waals surface area (Å²) in [6.07, 6.45) is -1.69. The Balaban J connectivity index is 1.50. The van der Waals surface area contributed by atoms with E-state index >= 15 is 0 Å². The zero-order valence-corrected chi connectivity index (χ0v) is 17.2. The van der Waals surface area contributed by atoms with Crippen molar-refractivity contribution in [2.75, 3.05) is 6.54 Å². The van der Waals surface area contributed by atoms with E-state index in [2.05, 4.69) is 10.3 Å². The molecule has 0 aliphatic heterocycles. The number of nitrogens with zero attached hydrogens (tertiary/aromatic N) is 1. The average molecular weight is 429 g/mol. The fourth-order valence-corrected chi connectivity index (χ4v) is 4.39. The molecule has 1 aromatic heterocycles. The van der Waals surface area contributed by atoms with Crippen LogP contribution in [0.25, 0.3) is 10.9 Å². The van der Waals surface area contributed by atoms with Gasteiger partial charge in [0.05, 0.1) is 0 Å². The Hall–Kier alpha value is -2.80. The van der Waals surface area contributed by atoms with Gasteiger partial charge in [0.2, 0.25) is 0 Å². The van der Waals surface area contributed by atoms with Crippen LogP contribution >= 0.6 is 0 Å². The Labute approximate surface area is 179 Å². The number of hydrogen-bond donors (Lipinski definition) is 2. The first kappa shape index (κ1) is 21.4. The SMILES string of the molecule is O=C(c1cc2ccccc2[nH]1)N(CC(F)(F)F)C1CCC[C@H](NCc2ccccc2)C1. The highest BCUT2D eigenvalue weighted by Gasteiger charge is 2.39. The van der Waals surface area contributed by atoms with Crippen molar-refractivity contribution in [3.8, 4) is 0 Å². The fraction of sp³-hybridized carbons (Fsp3) is 0.375. The van der Waals surface area contributed by atoms with Gasteiger partial charge < -0.3 is 15.2 Å². The van der Waals surface area contributed by atoms with Gasteiger partial charge in [-0.25, -0.2) is 0 Å². The maximum Gasteiger partial charge on any atom is 0.406 e. The first-order valence-electron chi connectivity index (χ1n) is 10.6. The largest absolute Gasteiger partial charge is 0.406 e. The molecule has 0 saturated heterocycles. The monoisotopic (exact) mass is 429 g/mol. The first-order valence-corrected chi connectivity index (χ1v) is 10.6. The van der Waals surface area contributed by atoms with Crippen molar-refractivity contribution in [2.45, 2.75) is 50.5 Å². The molecule has 1 fully saturated rings. The number of hydrogen-bond acceptors (Lipinski definition) is 2. The maximum absolute atomic E-state index is 13.4. The van der Waals surface area contributed by atoms with Crippen LogP contribution in [0.5, 0.6) is 0 Å². The molecule has 0 spiro atoms. The van der Waals surface area contributed by atoms with Crippen molar-refractivity contribution in [3.63, 3.8) is 0 Å². The van der Waals surface area contributed by atoms with Crippen LogP contribution in [0.2, 0.25) is 0 Å². The molecule has 4 rings (SSSR count). The number of amides is 1. The number of rotatable bonds is 6. The lowest BCUT2D eigenvalue weighted by molar-refractivity contribution is -0.146. The van der Waals surface area contributed by atoms with Crippen molar-refractivity contribution in [1.82, 2.24) is 15.2 Å². The molecule has 2 aromatic carbocycles. The molecule has 1 unspecified atom stereocenters. The molecule has 2 atom stereocenters. The molecule has 3 aromatic rings. The highest BCUT2D eigenvalue weighted by Crippen LogP contribution is 2.29. The number of halogens is 3. The van der Waals surface area contributed by atoms with Crippen molar-refractivity contribution in [1.29, 1.82) is 0 Å². The molecule has 7 heteroatoms. The molecule has 2 N–H and O–H groups in total. The third kappa shape index (κ3) is 5.47. The van der Waals surface area contributed by atoms with E-state index in [9.17, 15) is 18.0 Å². The fourth-order valence-electron chi connectivity index (χ4n) is 4.39. The van der Waals surface area contributed by atoms with Gasteiger partial charge >= 0.3 is 6.18 Å². The Bertz CT molecular complexity index is 983. The second kappa shape index (κ2) is 9.14. The van der Waals surface area contributed by atoms with E-state index in [0.717, 1.165) is 34.2 Å². The summed E-state index contributed by atoms with van der Waals surface area (Å²) in [6.45, 7) is -0.579. The summed E-state index contributed by atoms with van der Waals surface area (Å²) in [7, 11) is 0. The topological polar surface area (TPSA) is 48.1 Å². The quantitative estimate of drug-likeness (QED) is 0.561. The summed E-state index contributed by atoms with van der Waals surface area (Å²) in [4.78, 5) is 17.2. The van der Waals surface area contributed by atoms with E-state index in [1.165, 1.54) is 0 Å². The number of aromatic amines is 1. The predicted octanol–water partition coefficient (Wildman–Crippen LogP) is 5.27. The Morgan fingerprint density at radius 3 is 2.55 bits per heavy atom. The summed E-state index contributed by atoms with van der Waals surface area (Å²) in [5.74, 6) is -0.595. The van der Waals surface area contributed by atoms with E-state index < -0.39 is 24.7 Å². The zero-order chi connectivity index (χ0) is 21.8. The zero-order valence-electron chi connectivity index (χ0n) is 17.2. The molecule has 1 aliphatic carbocycles. The van der Waals surface area contributed by atoms with Crippen LogP contribution in [0.4, 0.5) is 13.2 Å². The number of alkyl halides is 3. The van der Waals surface area contributed by atoms with Gasteiger partial charge in [0.25, 0.3) is 5.91 Å². The highest BCUT2D eigenvalue weighted by molar-refractivity contribution is 5.98. The molecule has 0 bridgehead atoms. The van der Waals surface area contributed by atoms with E-state index in [4.69, 9.17) is 0 Å². The lowest BCUT2D eigenvalue weighted by Crippen LogP contribution is -2.50. The lowest BCUT2D eigenvalue weighted by Gasteiger charge is -2.38. The Morgan fingerprint density at radius 2 is 1.81 bits per heavy atom. The van der Waals surface area contributed by atoms with E-state index in [1.807, 2.05) is 54.6 Å². The van der Waals surface area contributed by atoms with E-state index in [-0.39, 0.29) is 11.7 Å². The van der Waals surface area contributed by atoms with Crippen LogP contribution in [0.1, 0.15) is 41.7 Å². The number of para-hydroxylation sites is 1. The normalized spacial score (nSPS) is 19.5. The van der Waals surface area contributed by atoms with Crippen LogP contribution in [0.15, 0.2) is 60.7 Å². The number of aromatic nitrogens is 1. The van der Waals surface area contributed by atoms with E-state index in [1.54, 1.807) is 6.07 Å². The molecule has 1 aliphatic rings. The molecule has 4 nitrogen and oxygen atoms in total. The predicted molar refractivity (Wildman–Crippen MR) is 115 cm³/mol. The van der Waals surface area contributed by atoms with Crippen LogP contribution in [-0.4, -0.2) is 40.6 Å². The number of benzene rings is 2. The summed E-state index contributed by atoms with van der Waals surface area (Å²) >= 11 is 0. The van der Waals surface area contributed by atoms with Crippen LogP contribution < -0.4 is 5.32 Å². The third-order valence-electron chi connectivity index (χ3n) is 5.90. The number of carbonyl (C=O) groups is 1. The molecule has 0 radical (unpaired) electrons. The second-order valence-corrected chi connectivity index (χ2v) is 8.20. The van der Waals surface area contributed by atoms with Gasteiger partial charge in [-0.3, -0.25) is 4.79 Å². The van der Waals surface area contributed by atoms with Gasteiger partial charge in [0.1, 0.15) is 12.2 Å². The summed E-state index contributed by atoms with van der Waals surface area (Å²) in [6, 6.07) is 18.5. The van der Waals surface area contributed by atoms with Crippen molar-refractivity contribution < 1.29 is 18.0 Å². The first-order chi connectivity index (χ1) is 14.9. The minimum atomic E-state index is -4.45. The highest BCUT2D eigenvalue weighted by atomic mass is 19.4. The summed E-state index contributed by atoms with van der Waals surface area (Å²) in [5.41, 5.74) is 2.07. The van der Waals surface area contributed by atoms with Gasteiger partial charge in [0.15, 0.2) is 0 Å². The molecular formula is C24H26F3N3O. The Kier molecular flexibility index (Phi) is 6.32. The standard InChI is InChI=1S/C24H26F3N3O/c25-24(26,27)16-30(23(31)22-13-18-9-4-5-12-21(18)29-22)20-11-6-10-19(14-20)28-15-17-7-2-1-3-8-17/h1-5,7-9,12-13,19-20,28-29H,6,10-11,14-16H2/t19-,20?/m0/s1. The second-order valence-electron chi connectivity index (χ2n) is 8.20. The van der Waals surface area contributed by atoms with Gasteiger partial charge in [-0.05, 0) is 43.4 Å². The van der Waals surface area contributed by atoms with Gasteiger partial charge in [-0.1, -0.05) is 48.5 Å². The van der Waals surface area contributed by atoms with Crippen molar-refractivity contribution in [3.05, 3.63) is 71.9 Å². The smallest absolute Gasteiger partial charge is 0.351 e. The maximum atomic E-state index is 13.4. The lowest BCUT2D eigenvalue weighted by atomic mass is 9.89. The molecular weight excluding hydrogens is 403 g/mol. The van der Waals surface area contributed by atoms with Gasteiger partial charge in [-0.15, -0.1) is 0 Å². The van der Waals surface area contributed by atoms with E-state index in [0.29, 0.717) is 19.4 Å². The molecule has 1 heterocycles. The number of nitrogens with one attached hydrogen (secondary N) is 2. The Morgan fingerprint density at radius 1 is 1.06 bits per heavy atom. The van der Waals surface area contributed by atoms with Crippen LogP contribution in [0.3, 0.4) is 0 Å². The molecule has 1 amide bonds. The minimum absolute atomic E-state index is 0.0743. The molecule has 1 saturated carbocycles. The number of fused-ring (bicyclic) bond motifs is 1. The molecule has 31 heavy (non-hydrogen) atoms. The van der Waals surface area contributed by atoms with Crippen molar-refractivity contribution >= 4 is 16.8 Å². The number of carbonyl (C=O) groups excluding carboxylic acids is 1. The van der Waals surface area contributed by atoms with Gasteiger partial charge in [-0.2, -0.15) is 13.2 Å². The van der Waals surface area contributed by atoms with Crippen molar-refractivity contribution in [2.24, 2.45) is 0 Å². The van der Waals surface area contributed by atoms with Crippen LogP contribution in [-0.2, 0) is 6.54 Å². The van der Waals surface area contributed by atoms with Crippen LogP contribution in [0, 0.1) is 0 Å². The third-order valence-corrected chi connectivity index (χ3v) is 5.90. The summed E-state index contributed by atoms with van der Waals surface area (Å²) in [5, 5.41) is 4.27. The number of H-pyrrole nitrogens is 1. The summed E-state index contributed by atoms with van der Waals surface area (Å²) < 4.78 is 40.2. The van der Waals surface area contributed by atoms with Gasteiger partial charge in [0, 0.05) is 29.5 Å². The average Bonchev–Trinajstić information content (AvgIpc) is 3.20.